The second kappa shape index (κ2) is 6.65. The van der Waals surface area contributed by atoms with Crippen LogP contribution in [0.4, 0.5) is 0 Å². The molecule has 0 aliphatic heterocycles. The zero-order valence-corrected chi connectivity index (χ0v) is 11.7. The molecule has 0 aliphatic carbocycles. The third-order valence-corrected chi connectivity index (χ3v) is 3.48. The molecule has 1 N–H and O–H groups in total. The topological polar surface area (TPSA) is 21.3 Å². The average Bonchev–Trinajstić information content (AvgIpc) is 2.35. The molecular formula is C15H25NO. The van der Waals surface area contributed by atoms with Gasteiger partial charge >= 0.3 is 0 Å². The van der Waals surface area contributed by atoms with E-state index in [-0.39, 0.29) is 0 Å². The fourth-order valence-electron chi connectivity index (χ4n) is 2.11. The molecule has 0 saturated carbocycles. The van der Waals surface area contributed by atoms with E-state index in [9.17, 15) is 0 Å². The molecule has 0 aromatic heterocycles. The quantitative estimate of drug-likeness (QED) is 0.813. The molecule has 2 heteroatoms. The first-order valence-corrected chi connectivity index (χ1v) is 6.48. The van der Waals surface area contributed by atoms with E-state index in [0.29, 0.717) is 17.9 Å². The molecule has 1 aromatic rings. The summed E-state index contributed by atoms with van der Waals surface area (Å²) in [5, 5.41) is 3.57. The lowest BCUT2D eigenvalue weighted by molar-refractivity contribution is 0.297. The van der Waals surface area contributed by atoms with Gasteiger partial charge in [0.25, 0.3) is 0 Å². The van der Waals surface area contributed by atoms with Crippen molar-refractivity contribution >= 4 is 0 Å². The minimum Gasteiger partial charge on any atom is -0.496 e. The van der Waals surface area contributed by atoms with Crippen molar-refractivity contribution in [2.24, 2.45) is 11.8 Å². The van der Waals surface area contributed by atoms with E-state index in [0.717, 1.165) is 12.3 Å². The lowest BCUT2D eigenvalue weighted by Crippen LogP contribution is -2.29. The number of rotatable bonds is 6. The molecule has 0 saturated heterocycles. The first-order chi connectivity index (χ1) is 8.11. The fourth-order valence-corrected chi connectivity index (χ4v) is 2.11. The van der Waals surface area contributed by atoms with Crippen molar-refractivity contribution in [1.82, 2.24) is 5.32 Å². The Hall–Kier alpha value is -1.02. The number of hydrogen-bond acceptors (Lipinski definition) is 2. The number of nitrogens with one attached hydrogen (secondary N) is 1. The summed E-state index contributed by atoms with van der Waals surface area (Å²) >= 11 is 0. The lowest BCUT2D eigenvalue weighted by atomic mass is 9.85. The van der Waals surface area contributed by atoms with E-state index in [1.54, 1.807) is 7.11 Å². The molecule has 0 radical (unpaired) electrons. The Bertz CT molecular complexity index is 335. The monoisotopic (exact) mass is 235 g/mol. The van der Waals surface area contributed by atoms with Crippen LogP contribution in [0.1, 0.15) is 39.3 Å². The smallest absolute Gasteiger partial charge is 0.123 e. The van der Waals surface area contributed by atoms with E-state index in [1.165, 1.54) is 5.56 Å². The summed E-state index contributed by atoms with van der Waals surface area (Å²) in [6, 6.07) is 8.65. The van der Waals surface area contributed by atoms with Crippen molar-refractivity contribution in [1.29, 1.82) is 0 Å². The highest BCUT2D eigenvalue weighted by atomic mass is 16.5. The summed E-state index contributed by atoms with van der Waals surface area (Å²) in [5.41, 5.74) is 1.26. The highest BCUT2D eigenvalue weighted by molar-refractivity contribution is 5.36. The van der Waals surface area contributed by atoms with Crippen LogP contribution >= 0.6 is 0 Å². The minimum absolute atomic E-state index is 0.358. The third-order valence-electron chi connectivity index (χ3n) is 3.48. The Morgan fingerprint density at radius 3 is 2.35 bits per heavy atom. The van der Waals surface area contributed by atoms with Crippen LogP contribution in [0.25, 0.3) is 0 Å². The van der Waals surface area contributed by atoms with Crippen molar-refractivity contribution in [2.75, 3.05) is 13.7 Å². The summed E-state index contributed by atoms with van der Waals surface area (Å²) in [4.78, 5) is 0. The summed E-state index contributed by atoms with van der Waals surface area (Å²) < 4.78 is 5.46. The molecule has 96 valence electrons. The molecule has 1 aromatic carbocycles. The predicted octanol–water partition coefficient (Wildman–Crippen LogP) is 3.64. The van der Waals surface area contributed by atoms with Crippen LogP contribution in [0.3, 0.4) is 0 Å². The molecule has 0 heterocycles. The van der Waals surface area contributed by atoms with E-state index < -0.39 is 0 Å². The van der Waals surface area contributed by atoms with Gasteiger partial charge in [0, 0.05) is 11.6 Å². The number of ether oxygens (including phenoxy) is 1. The molecule has 17 heavy (non-hydrogen) atoms. The van der Waals surface area contributed by atoms with E-state index in [2.05, 4.69) is 45.1 Å². The molecule has 2 atom stereocenters. The highest BCUT2D eigenvalue weighted by Gasteiger charge is 2.23. The molecule has 2 nitrogen and oxygen atoms in total. The molecule has 0 spiro atoms. The predicted molar refractivity (Wildman–Crippen MR) is 73.4 cm³/mol. The van der Waals surface area contributed by atoms with Crippen LogP contribution < -0.4 is 10.1 Å². The fraction of sp³-hybridized carbons (Fsp3) is 0.600. The first kappa shape index (κ1) is 14.0. The van der Waals surface area contributed by atoms with Gasteiger partial charge in [-0.15, -0.1) is 0 Å². The van der Waals surface area contributed by atoms with Gasteiger partial charge in [-0.2, -0.15) is 0 Å². The summed E-state index contributed by atoms with van der Waals surface area (Å²) in [6.07, 6.45) is 0. The van der Waals surface area contributed by atoms with Gasteiger partial charge in [0.05, 0.1) is 7.11 Å². The number of para-hydroxylation sites is 1. The van der Waals surface area contributed by atoms with Crippen LogP contribution in [0, 0.1) is 11.8 Å². The third kappa shape index (κ3) is 3.47. The molecule has 0 amide bonds. The molecular weight excluding hydrogens is 210 g/mol. The Balaban J connectivity index is 3.04. The second-order valence-corrected chi connectivity index (χ2v) is 4.88. The Morgan fingerprint density at radius 2 is 1.82 bits per heavy atom. The minimum atomic E-state index is 0.358. The van der Waals surface area contributed by atoms with Crippen LogP contribution in [0.5, 0.6) is 5.75 Å². The van der Waals surface area contributed by atoms with Crippen LogP contribution in [0.15, 0.2) is 24.3 Å². The SMILES string of the molecule is CCNC(c1ccccc1OC)C(C)C(C)C. The summed E-state index contributed by atoms with van der Waals surface area (Å²) in [6.45, 7) is 9.95. The summed E-state index contributed by atoms with van der Waals surface area (Å²) in [5.74, 6) is 2.20. The number of hydrogen-bond donors (Lipinski definition) is 1. The van der Waals surface area contributed by atoms with Gasteiger partial charge in [-0.25, -0.2) is 0 Å². The summed E-state index contributed by atoms with van der Waals surface area (Å²) in [7, 11) is 1.74. The maximum atomic E-state index is 5.46. The van der Waals surface area contributed by atoms with Crippen molar-refractivity contribution in [3.8, 4) is 5.75 Å². The van der Waals surface area contributed by atoms with E-state index in [1.807, 2.05) is 12.1 Å². The highest BCUT2D eigenvalue weighted by Crippen LogP contribution is 2.33. The molecule has 1 rings (SSSR count). The van der Waals surface area contributed by atoms with Gasteiger partial charge in [0.1, 0.15) is 5.75 Å². The van der Waals surface area contributed by atoms with Gasteiger partial charge in [-0.3, -0.25) is 0 Å². The van der Waals surface area contributed by atoms with Gasteiger partial charge in [0.2, 0.25) is 0 Å². The maximum Gasteiger partial charge on any atom is 0.123 e. The van der Waals surface area contributed by atoms with Gasteiger partial charge in [0.15, 0.2) is 0 Å². The van der Waals surface area contributed by atoms with Gasteiger partial charge in [-0.05, 0) is 24.4 Å². The van der Waals surface area contributed by atoms with Crippen LogP contribution in [-0.2, 0) is 0 Å². The molecule has 0 aliphatic rings. The van der Waals surface area contributed by atoms with Crippen molar-refractivity contribution in [3.05, 3.63) is 29.8 Å². The van der Waals surface area contributed by atoms with E-state index in [4.69, 9.17) is 4.74 Å². The van der Waals surface area contributed by atoms with Crippen LogP contribution in [0.2, 0.25) is 0 Å². The maximum absolute atomic E-state index is 5.46. The molecule has 0 fully saturated rings. The van der Waals surface area contributed by atoms with Crippen molar-refractivity contribution in [2.45, 2.75) is 33.7 Å². The van der Waals surface area contributed by atoms with E-state index >= 15 is 0 Å². The average molecular weight is 235 g/mol. The van der Waals surface area contributed by atoms with Gasteiger partial charge in [-0.1, -0.05) is 45.9 Å². The molecule has 2 unspecified atom stereocenters. The van der Waals surface area contributed by atoms with Crippen molar-refractivity contribution < 1.29 is 4.74 Å². The largest absolute Gasteiger partial charge is 0.496 e. The second-order valence-electron chi connectivity index (χ2n) is 4.88. The standard InChI is InChI=1S/C15H25NO/c1-6-16-15(12(4)11(2)3)13-9-7-8-10-14(13)17-5/h7-12,15-16H,6H2,1-5H3. The van der Waals surface area contributed by atoms with Crippen LogP contribution in [-0.4, -0.2) is 13.7 Å². The van der Waals surface area contributed by atoms with Crippen molar-refractivity contribution in [3.63, 3.8) is 0 Å². The normalized spacial score (nSPS) is 14.7. The number of benzene rings is 1. The first-order valence-electron chi connectivity index (χ1n) is 6.48. The Labute approximate surface area is 105 Å². The zero-order valence-electron chi connectivity index (χ0n) is 11.7. The lowest BCUT2D eigenvalue weighted by Gasteiger charge is -2.29. The zero-order chi connectivity index (χ0) is 12.8. The Morgan fingerprint density at radius 1 is 1.18 bits per heavy atom. The van der Waals surface area contributed by atoms with Gasteiger partial charge < -0.3 is 10.1 Å². The Kier molecular flexibility index (Phi) is 5.49. The number of methoxy groups -OCH3 is 1. The molecule has 0 bridgehead atoms.